The molecule has 1 unspecified atom stereocenters. The first-order valence-electron chi connectivity index (χ1n) is 20.7. The van der Waals surface area contributed by atoms with Crippen molar-refractivity contribution in [1.29, 1.82) is 0 Å². The van der Waals surface area contributed by atoms with Crippen LogP contribution in [-0.4, -0.2) is 107 Å². The number of hydrogen-bond acceptors (Lipinski definition) is 13. The molecular formula is C44H62N3O12PS. The van der Waals surface area contributed by atoms with Gasteiger partial charge in [-0.05, 0) is 87.1 Å². The molecule has 3 N–H and O–H groups in total. The molecule has 2 fully saturated rings. The normalized spacial score (nSPS) is 20.1. The van der Waals surface area contributed by atoms with Crippen LogP contribution in [0.2, 0.25) is 0 Å². The summed E-state index contributed by atoms with van der Waals surface area (Å²) in [4.78, 5) is 13.5. The number of rotatable bonds is 24. The molecule has 0 spiro atoms. The SMILES string of the molecule is C=C(OC(C)C)[C@H](C)OP(=O)(CCNCc1ccc(C[C@H](NC(=O)O[C@H]2CO[C@H]3OCC[C@H]32)[C@H](O)CN(CC(C)C)S(=O)(=O)c2ccc(OC)cc2)cc1)Oc1ccccc1. The van der Waals surface area contributed by atoms with Crippen LogP contribution >= 0.6 is 7.60 Å². The van der Waals surface area contributed by atoms with Gasteiger partial charge in [0.25, 0.3) is 0 Å². The second kappa shape index (κ2) is 22.4. The third kappa shape index (κ3) is 14.3. The average molecular weight is 888 g/mol. The van der Waals surface area contributed by atoms with Crippen LogP contribution in [0.4, 0.5) is 4.79 Å². The van der Waals surface area contributed by atoms with Gasteiger partial charge in [-0.25, -0.2) is 17.8 Å². The van der Waals surface area contributed by atoms with Gasteiger partial charge in [0, 0.05) is 26.2 Å². The van der Waals surface area contributed by atoms with Gasteiger partial charge in [-0.2, -0.15) is 4.31 Å². The smallest absolute Gasteiger partial charge is 0.407 e. The molecule has 17 heteroatoms. The molecule has 0 bridgehead atoms. The van der Waals surface area contributed by atoms with Gasteiger partial charge >= 0.3 is 13.7 Å². The number of aliphatic hydroxyl groups excluding tert-OH is 1. The van der Waals surface area contributed by atoms with E-state index >= 15 is 0 Å². The van der Waals surface area contributed by atoms with Crippen molar-refractivity contribution in [1.82, 2.24) is 14.9 Å². The van der Waals surface area contributed by atoms with E-state index in [1.807, 2.05) is 58.0 Å². The van der Waals surface area contributed by atoms with Gasteiger partial charge in [0.15, 0.2) is 6.29 Å². The fourth-order valence-electron chi connectivity index (χ4n) is 7.02. The summed E-state index contributed by atoms with van der Waals surface area (Å²) in [6.45, 7) is 14.5. The molecule has 61 heavy (non-hydrogen) atoms. The van der Waals surface area contributed by atoms with Gasteiger partial charge in [0.1, 0.15) is 29.5 Å². The van der Waals surface area contributed by atoms with Crippen LogP contribution in [0.5, 0.6) is 11.5 Å². The number of fused-ring (bicyclic) bond motifs is 1. The van der Waals surface area contributed by atoms with Crippen molar-refractivity contribution in [3.05, 3.63) is 102 Å². The van der Waals surface area contributed by atoms with E-state index in [4.69, 9.17) is 32.7 Å². The zero-order chi connectivity index (χ0) is 44.2. The summed E-state index contributed by atoms with van der Waals surface area (Å²) in [5.41, 5.74) is 1.70. The Morgan fingerprint density at radius 3 is 2.30 bits per heavy atom. The highest BCUT2D eigenvalue weighted by molar-refractivity contribution is 7.89. The monoisotopic (exact) mass is 887 g/mol. The molecule has 5 rings (SSSR count). The Morgan fingerprint density at radius 2 is 1.64 bits per heavy atom. The molecule has 0 saturated carbocycles. The van der Waals surface area contributed by atoms with Crippen LogP contribution in [0, 0.1) is 11.8 Å². The number of alkyl carbamates (subject to hydrolysis) is 1. The van der Waals surface area contributed by atoms with E-state index in [1.165, 1.54) is 23.5 Å². The lowest BCUT2D eigenvalue weighted by Gasteiger charge is -2.31. The first-order chi connectivity index (χ1) is 29.0. The molecule has 2 heterocycles. The number of nitrogens with zero attached hydrogens (tertiary/aromatic N) is 1. The minimum Gasteiger partial charge on any atom is -0.497 e. The number of para-hydroxylation sites is 1. The molecule has 1 amide bonds. The van der Waals surface area contributed by atoms with Gasteiger partial charge in [-0.1, -0.05) is 62.9 Å². The summed E-state index contributed by atoms with van der Waals surface area (Å²) in [7, 11) is -6.20. The number of amides is 1. The Labute approximate surface area is 360 Å². The summed E-state index contributed by atoms with van der Waals surface area (Å²) in [5.74, 6) is 1.14. The minimum absolute atomic E-state index is 0.0552. The van der Waals surface area contributed by atoms with Gasteiger partial charge in [0.05, 0.1) is 55.5 Å². The number of carbonyl (C=O) groups excluding carboxylic acids is 1. The van der Waals surface area contributed by atoms with Crippen molar-refractivity contribution in [2.24, 2.45) is 11.8 Å². The Balaban J connectivity index is 1.25. The van der Waals surface area contributed by atoms with Crippen molar-refractivity contribution in [3.63, 3.8) is 0 Å². The second-order valence-electron chi connectivity index (χ2n) is 16.0. The third-order valence-corrected chi connectivity index (χ3v) is 13.9. The van der Waals surface area contributed by atoms with E-state index < -0.39 is 54.4 Å². The number of ether oxygens (including phenoxy) is 5. The molecule has 7 atom stereocenters. The number of methoxy groups -OCH3 is 1. The number of nitrogens with one attached hydrogen (secondary N) is 2. The number of hydrogen-bond donors (Lipinski definition) is 3. The van der Waals surface area contributed by atoms with Crippen molar-refractivity contribution < 1.29 is 55.6 Å². The molecule has 2 aliphatic rings. The second-order valence-corrected chi connectivity index (χ2v) is 20.0. The van der Waals surface area contributed by atoms with Crippen LogP contribution in [0.25, 0.3) is 0 Å². The summed E-state index contributed by atoms with van der Waals surface area (Å²) in [6, 6.07) is 21.6. The lowest BCUT2D eigenvalue weighted by molar-refractivity contribution is -0.0907. The highest BCUT2D eigenvalue weighted by Crippen LogP contribution is 2.49. The predicted molar refractivity (Wildman–Crippen MR) is 231 cm³/mol. The van der Waals surface area contributed by atoms with Gasteiger partial charge in [-0.15, -0.1) is 0 Å². The quantitative estimate of drug-likeness (QED) is 0.0504. The van der Waals surface area contributed by atoms with Crippen molar-refractivity contribution >= 4 is 23.7 Å². The molecule has 3 aromatic carbocycles. The zero-order valence-corrected chi connectivity index (χ0v) is 37.6. The molecule has 0 radical (unpaired) electrons. The maximum atomic E-state index is 14.0. The Bertz CT molecular complexity index is 2000. The van der Waals surface area contributed by atoms with Crippen LogP contribution in [0.3, 0.4) is 0 Å². The lowest BCUT2D eigenvalue weighted by atomic mass is 10.00. The lowest BCUT2D eigenvalue weighted by Crippen LogP contribution is -2.51. The molecule has 0 aromatic heterocycles. The number of benzene rings is 3. The fraction of sp³-hybridized carbons (Fsp3) is 0.523. The highest BCUT2D eigenvalue weighted by atomic mass is 32.2. The molecule has 336 valence electrons. The number of aliphatic hydroxyl groups is 1. The standard InChI is InChI=1S/C44H62N3O12PS/c1-30(2)27-47(61(51,52)38-19-17-36(53-7)18-20-38)28-41(48)40(46-44(49)57-42-29-55-43-39(42)21-23-54-43)25-34-13-15-35(16-14-34)26-45-22-24-60(50,59-37-11-9-8-10-12-37)58-33(6)32(5)56-31(3)4/h8-20,30-31,33,39-43,45,48H,5,21-29H2,1-4,6-7H3,(H,46,49)/t33-,39-,40-,41+,42-,43+,60?/m0/s1. The fourth-order valence-corrected chi connectivity index (χ4v) is 10.4. The average Bonchev–Trinajstić information content (AvgIpc) is 3.85. The van der Waals surface area contributed by atoms with E-state index in [0.717, 1.165) is 11.1 Å². The van der Waals surface area contributed by atoms with E-state index in [2.05, 4.69) is 17.2 Å². The van der Waals surface area contributed by atoms with Crippen LogP contribution < -0.4 is 19.9 Å². The maximum absolute atomic E-state index is 14.0. The third-order valence-electron chi connectivity index (χ3n) is 10.2. The summed E-state index contributed by atoms with van der Waals surface area (Å²) >= 11 is 0. The van der Waals surface area contributed by atoms with Crippen molar-refractivity contribution in [3.8, 4) is 11.5 Å². The first kappa shape index (κ1) is 48.0. The molecule has 15 nitrogen and oxygen atoms in total. The molecule has 3 aromatic rings. The number of sulfonamides is 1. The zero-order valence-electron chi connectivity index (χ0n) is 35.9. The summed E-state index contributed by atoms with van der Waals surface area (Å²) < 4.78 is 82.9. The van der Waals surface area contributed by atoms with Crippen molar-refractivity contribution in [2.45, 2.75) is 95.6 Å². The Morgan fingerprint density at radius 1 is 0.951 bits per heavy atom. The Hall–Kier alpha value is -3.99. The molecule has 2 saturated heterocycles. The van der Waals surface area contributed by atoms with Crippen molar-refractivity contribution in [2.75, 3.05) is 46.1 Å². The predicted octanol–water partition coefficient (Wildman–Crippen LogP) is 6.51. The van der Waals surface area contributed by atoms with Crippen LogP contribution in [-0.2, 0) is 51.0 Å². The molecule has 2 aliphatic heterocycles. The van der Waals surface area contributed by atoms with E-state index in [-0.39, 0.29) is 55.1 Å². The van der Waals surface area contributed by atoms with E-state index in [9.17, 15) is 22.9 Å². The molecule has 0 aliphatic carbocycles. The van der Waals surface area contributed by atoms with Gasteiger partial charge in [0.2, 0.25) is 10.0 Å². The first-order valence-corrected chi connectivity index (χ1v) is 23.9. The minimum atomic E-state index is -4.04. The number of carbonyl (C=O) groups is 1. The van der Waals surface area contributed by atoms with Crippen LogP contribution in [0.15, 0.2) is 96.1 Å². The van der Waals surface area contributed by atoms with E-state index in [0.29, 0.717) is 43.4 Å². The van der Waals surface area contributed by atoms with Gasteiger partial charge < -0.3 is 43.9 Å². The largest absolute Gasteiger partial charge is 0.497 e. The topological polar surface area (TPSA) is 180 Å². The van der Waals surface area contributed by atoms with Gasteiger partial charge in [-0.3, -0.25) is 4.52 Å². The van der Waals surface area contributed by atoms with Crippen LogP contribution in [0.1, 0.15) is 52.2 Å². The summed E-state index contributed by atoms with van der Waals surface area (Å²) in [5, 5.41) is 17.9. The maximum Gasteiger partial charge on any atom is 0.407 e. The summed E-state index contributed by atoms with van der Waals surface area (Å²) in [6.07, 6.45) is -2.86. The molecular weight excluding hydrogens is 826 g/mol. The Kier molecular flexibility index (Phi) is 17.6. The van der Waals surface area contributed by atoms with E-state index in [1.54, 1.807) is 43.3 Å². The highest BCUT2D eigenvalue weighted by Gasteiger charge is 2.44.